The lowest BCUT2D eigenvalue weighted by Gasteiger charge is -2.00. The van der Waals surface area contributed by atoms with E-state index < -0.39 is 0 Å². The fourth-order valence-corrected chi connectivity index (χ4v) is 1.27. The Morgan fingerprint density at radius 2 is 2.58 bits per heavy atom. The summed E-state index contributed by atoms with van der Waals surface area (Å²) < 4.78 is 0. The van der Waals surface area contributed by atoms with Crippen LogP contribution in [0.25, 0.3) is 0 Å². The molecule has 4 heteroatoms. The van der Waals surface area contributed by atoms with Crippen LogP contribution in [0.3, 0.4) is 0 Å². The molecule has 0 bridgehead atoms. The van der Waals surface area contributed by atoms with Gasteiger partial charge in [-0.2, -0.15) is 5.10 Å². The first-order valence-electron chi connectivity index (χ1n) is 3.87. The van der Waals surface area contributed by atoms with Crippen molar-refractivity contribution in [1.29, 1.82) is 0 Å². The summed E-state index contributed by atoms with van der Waals surface area (Å²) in [7, 11) is 0. The molecule has 0 saturated carbocycles. The molecule has 0 radical (unpaired) electrons. The standard InChI is InChI=1S/C8H9N3O/c12-8-5-9-4-6(8)3-7-1-2-10-11-7/h1-2,4,6H,3,5H2,(H,10,11)/t6-/m0/s1. The molecule has 0 fully saturated rings. The highest BCUT2D eigenvalue weighted by Gasteiger charge is 2.20. The van der Waals surface area contributed by atoms with Crippen LogP contribution in [0.5, 0.6) is 0 Å². The summed E-state index contributed by atoms with van der Waals surface area (Å²) in [6, 6.07) is 1.87. The number of aliphatic imine (C=N–C) groups is 1. The van der Waals surface area contributed by atoms with Crippen molar-refractivity contribution in [3.8, 4) is 0 Å². The van der Waals surface area contributed by atoms with Crippen LogP contribution in [-0.4, -0.2) is 28.7 Å². The molecule has 0 spiro atoms. The number of rotatable bonds is 2. The Labute approximate surface area is 69.7 Å². The van der Waals surface area contributed by atoms with Crippen LogP contribution in [-0.2, 0) is 11.2 Å². The van der Waals surface area contributed by atoms with Crippen LogP contribution in [0, 0.1) is 5.92 Å². The predicted molar refractivity (Wildman–Crippen MR) is 44.1 cm³/mol. The minimum absolute atomic E-state index is 0.0366. The number of hydrogen-bond acceptors (Lipinski definition) is 3. The number of carbonyl (C=O) groups excluding carboxylic acids is 1. The molecule has 2 rings (SSSR count). The topological polar surface area (TPSA) is 58.1 Å². The van der Waals surface area contributed by atoms with Gasteiger partial charge in [-0.1, -0.05) is 0 Å². The zero-order valence-electron chi connectivity index (χ0n) is 6.53. The number of nitrogens with one attached hydrogen (secondary N) is 1. The Morgan fingerprint density at radius 3 is 3.17 bits per heavy atom. The summed E-state index contributed by atoms with van der Waals surface area (Å²) in [5.74, 6) is 0.162. The van der Waals surface area contributed by atoms with E-state index in [0.717, 1.165) is 5.69 Å². The largest absolute Gasteiger partial charge is 0.297 e. The second-order valence-corrected chi connectivity index (χ2v) is 2.85. The van der Waals surface area contributed by atoms with Gasteiger partial charge in [0.2, 0.25) is 0 Å². The molecule has 0 unspecified atom stereocenters. The number of carbonyl (C=O) groups is 1. The molecule has 0 aliphatic carbocycles. The molecule has 0 aromatic carbocycles. The molecule has 0 saturated heterocycles. The van der Waals surface area contributed by atoms with Gasteiger partial charge < -0.3 is 0 Å². The summed E-state index contributed by atoms with van der Waals surface area (Å²) in [5.41, 5.74) is 0.988. The molecule has 1 N–H and O–H groups in total. The van der Waals surface area contributed by atoms with Gasteiger partial charge in [-0.25, -0.2) is 0 Å². The van der Waals surface area contributed by atoms with E-state index in [2.05, 4.69) is 15.2 Å². The number of ketones is 1. The van der Waals surface area contributed by atoms with Crippen LogP contribution in [0.2, 0.25) is 0 Å². The molecule has 1 aromatic rings. The molecule has 1 aliphatic rings. The van der Waals surface area contributed by atoms with Gasteiger partial charge in [0.1, 0.15) is 0 Å². The molecular formula is C8H9N3O. The van der Waals surface area contributed by atoms with E-state index >= 15 is 0 Å². The minimum atomic E-state index is -0.0366. The Morgan fingerprint density at radius 1 is 1.67 bits per heavy atom. The normalized spacial score (nSPS) is 22.0. The highest BCUT2D eigenvalue weighted by Crippen LogP contribution is 2.09. The third kappa shape index (κ3) is 1.28. The Bertz CT molecular complexity index is 302. The van der Waals surface area contributed by atoms with Gasteiger partial charge in [0.05, 0.1) is 12.5 Å². The fourth-order valence-electron chi connectivity index (χ4n) is 1.27. The monoisotopic (exact) mass is 163 g/mol. The maximum atomic E-state index is 11.1. The molecule has 2 heterocycles. The van der Waals surface area contributed by atoms with Gasteiger partial charge in [-0.05, 0) is 6.07 Å². The van der Waals surface area contributed by atoms with E-state index in [4.69, 9.17) is 0 Å². The highest BCUT2D eigenvalue weighted by molar-refractivity contribution is 6.00. The molecule has 1 aliphatic heterocycles. The van der Waals surface area contributed by atoms with Crippen LogP contribution in [0.4, 0.5) is 0 Å². The SMILES string of the molecule is O=C1CN=C[C@@H]1Cc1ccn[nH]1. The fraction of sp³-hybridized carbons (Fsp3) is 0.375. The summed E-state index contributed by atoms with van der Waals surface area (Å²) >= 11 is 0. The van der Waals surface area contributed by atoms with Crippen molar-refractivity contribution in [3.05, 3.63) is 18.0 Å². The van der Waals surface area contributed by atoms with Gasteiger partial charge in [0.25, 0.3) is 0 Å². The summed E-state index contributed by atoms with van der Waals surface area (Å²) in [6.45, 7) is 0.346. The highest BCUT2D eigenvalue weighted by atomic mass is 16.1. The minimum Gasteiger partial charge on any atom is -0.297 e. The van der Waals surface area contributed by atoms with Crippen molar-refractivity contribution >= 4 is 12.0 Å². The summed E-state index contributed by atoms with van der Waals surface area (Å²) in [6.07, 6.45) is 4.11. The van der Waals surface area contributed by atoms with E-state index in [1.54, 1.807) is 12.4 Å². The number of Topliss-reactive ketones (excluding diaryl/α,β-unsaturated/α-hetero) is 1. The maximum absolute atomic E-state index is 11.1. The average molecular weight is 163 g/mol. The van der Waals surface area contributed by atoms with Gasteiger partial charge in [-0.3, -0.25) is 14.9 Å². The van der Waals surface area contributed by atoms with Gasteiger partial charge in [0.15, 0.2) is 5.78 Å². The maximum Gasteiger partial charge on any atom is 0.162 e. The number of nitrogens with zero attached hydrogens (tertiary/aromatic N) is 2. The van der Waals surface area contributed by atoms with Crippen molar-refractivity contribution in [2.24, 2.45) is 10.9 Å². The van der Waals surface area contributed by atoms with Crippen LogP contribution < -0.4 is 0 Å². The van der Waals surface area contributed by atoms with Gasteiger partial charge >= 0.3 is 0 Å². The second kappa shape index (κ2) is 2.89. The van der Waals surface area contributed by atoms with Gasteiger partial charge in [-0.15, -0.1) is 0 Å². The van der Waals surface area contributed by atoms with E-state index in [1.165, 1.54) is 0 Å². The number of H-pyrrole nitrogens is 1. The van der Waals surface area contributed by atoms with Crippen molar-refractivity contribution in [2.75, 3.05) is 6.54 Å². The average Bonchev–Trinajstić information content (AvgIpc) is 2.65. The molecule has 1 atom stereocenters. The molecule has 0 amide bonds. The first kappa shape index (κ1) is 7.21. The summed E-state index contributed by atoms with van der Waals surface area (Å²) in [5, 5.41) is 6.63. The Hall–Kier alpha value is -1.45. The predicted octanol–water partition coefficient (Wildman–Crippen LogP) is 0.222. The van der Waals surface area contributed by atoms with Gasteiger partial charge in [0, 0.05) is 24.5 Å². The lowest BCUT2D eigenvalue weighted by Crippen LogP contribution is -2.14. The number of aromatic amines is 1. The van der Waals surface area contributed by atoms with Crippen molar-refractivity contribution in [2.45, 2.75) is 6.42 Å². The molecular weight excluding hydrogens is 154 g/mol. The van der Waals surface area contributed by atoms with Crippen LogP contribution in [0.15, 0.2) is 17.3 Å². The van der Waals surface area contributed by atoms with E-state index in [9.17, 15) is 4.79 Å². The third-order valence-electron chi connectivity index (χ3n) is 1.94. The van der Waals surface area contributed by atoms with E-state index in [1.807, 2.05) is 6.07 Å². The van der Waals surface area contributed by atoms with Crippen molar-refractivity contribution < 1.29 is 4.79 Å². The van der Waals surface area contributed by atoms with Crippen molar-refractivity contribution in [1.82, 2.24) is 10.2 Å². The first-order valence-corrected chi connectivity index (χ1v) is 3.87. The zero-order valence-corrected chi connectivity index (χ0v) is 6.53. The van der Waals surface area contributed by atoms with Crippen molar-refractivity contribution in [3.63, 3.8) is 0 Å². The Balaban J connectivity index is 2.04. The Kier molecular flexibility index (Phi) is 1.74. The third-order valence-corrected chi connectivity index (χ3v) is 1.94. The number of hydrogen-bond donors (Lipinski definition) is 1. The number of aromatic nitrogens is 2. The molecule has 4 nitrogen and oxygen atoms in total. The molecule has 12 heavy (non-hydrogen) atoms. The smallest absolute Gasteiger partial charge is 0.162 e. The van der Waals surface area contributed by atoms with E-state index in [0.29, 0.717) is 13.0 Å². The summed E-state index contributed by atoms with van der Waals surface area (Å²) in [4.78, 5) is 15.1. The van der Waals surface area contributed by atoms with Crippen LogP contribution in [0.1, 0.15) is 5.69 Å². The lowest BCUT2D eigenvalue weighted by atomic mass is 10.0. The molecule has 62 valence electrons. The zero-order chi connectivity index (χ0) is 8.39. The van der Waals surface area contributed by atoms with Crippen LogP contribution >= 0.6 is 0 Å². The molecule has 1 aromatic heterocycles. The first-order chi connectivity index (χ1) is 5.86. The second-order valence-electron chi connectivity index (χ2n) is 2.85. The quantitative estimate of drug-likeness (QED) is 0.678. The van der Waals surface area contributed by atoms with E-state index in [-0.39, 0.29) is 11.7 Å². The lowest BCUT2D eigenvalue weighted by molar-refractivity contribution is -0.118.